The molecule has 0 bridgehead atoms. The van der Waals surface area contributed by atoms with Crippen LogP contribution in [0.5, 0.6) is 0 Å². The number of furan rings is 1. The lowest BCUT2D eigenvalue weighted by molar-refractivity contribution is 0.0964. The Morgan fingerprint density at radius 2 is 1.81 bits per heavy atom. The van der Waals surface area contributed by atoms with E-state index in [0.29, 0.717) is 59.8 Å². The van der Waals surface area contributed by atoms with Crippen molar-refractivity contribution in [1.29, 1.82) is 0 Å². The average molecular weight is 462 g/mol. The van der Waals surface area contributed by atoms with E-state index < -0.39 is 15.8 Å². The smallest absolute Gasteiger partial charge is 0.255 e. The van der Waals surface area contributed by atoms with E-state index in [2.05, 4.69) is 5.32 Å². The third-order valence-corrected chi connectivity index (χ3v) is 6.73. The number of nitrogens with zero attached hydrogens (tertiary/aromatic N) is 2. The molecule has 0 atom stereocenters. The number of sulfonamides is 1. The molecule has 1 fully saturated rings. The molecule has 1 aliphatic rings. The van der Waals surface area contributed by atoms with Crippen molar-refractivity contribution in [2.45, 2.75) is 0 Å². The van der Waals surface area contributed by atoms with E-state index in [-0.39, 0.29) is 11.7 Å². The van der Waals surface area contributed by atoms with Gasteiger partial charge in [0.2, 0.25) is 10.0 Å². The summed E-state index contributed by atoms with van der Waals surface area (Å²) < 4.78 is 50.8. The van der Waals surface area contributed by atoms with E-state index in [1.807, 2.05) is 4.90 Å². The molecule has 2 heterocycles. The van der Waals surface area contributed by atoms with E-state index in [1.165, 1.54) is 42.7 Å². The number of ether oxygens (including phenoxy) is 1. The molecule has 32 heavy (non-hydrogen) atoms. The van der Waals surface area contributed by atoms with E-state index in [0.717, 1.165) is 6.26 Å². The molecular formula is C22H24FN3O5S. The molecule has 170 valence electrons. The maximum Gasteiger partial charge on any atom is 0.255 e. The number of rotatable bonds is 5. The summed E-state index contributed by atoms with van der Waals surface area (Å²) in [7, 11) is -0.560. The minimum atomic E-state index is -3.55. The van der Waals surface area contributed by atoms with Gasteiger partial charge in [-0.05, 0) is 30.3 Å². The molecule has 1 amide bonds. The first-order valence-corrected chi connectivity index (χ1v) is 11.9. The largest absolute Gasteiger partial charge is 0.455 e. The second-order valence-electron chi connectivity index (χ2n) is 7.56. The summed E-state index contributed by atoms with van der Waals surface area (Å²) in [5.41, 5.74) is 2.28. The van der Waals surface area contributed by atoms with E-state index in [9.17, 15) is 17.6 Å². The molecule has 1 aliphatic heterocycles. The summed E-state index contributed by atoms with van der Waals surface area (Å²) in [4.78, 5) is 14.9. The van der Waals surface area contributed by atoms with Crippen LogP contribution in [-0.2, 0) is 14.8 Å². The van der Waals surface area contributed by atoms with Crippen LogP contribution in [0.3, 0.4) is 0 Å². The topological polar surface area (TPSA) is 92.1 Å². The molecule has 1 aromatic heterocycles. The average Bonchev–Trinajstić information content (AvgIpc) is 3.16. The van der Waals surface area contributed by atoms with Crippen LogP contribution in [0.4, 0.5) is 15.8 Å². The number of amides is 1. The van der Waals surface area contributed by atoms with Gasteiger partial charge in [-0.3, -0.25) is 9.10 Å². The second-order valence-corrected chi connectivity index (χ2v) is 9.57. The van der Waals surface area contributed by atoms with Gasteiger partial charge in [-0.1, -0.05) is 0 Å². The second kappa shape index (κ2) is 8.44. The third-order valence-electron chi connectivity index (χ3n) is 5.53. The maximum atomic E-state index is 13.5. The van der Waals surface area contributed by atoms with Crippen LogP contribution >= 0.6 is 0 Å². The number of fused-ring (bicyclic) bond motifs is 1. The van der Waals surface area contributed by atoms with Crippen LogP contribution in [-0.4, -0.2) is 61.0 Å². The van der Waals surface area contributed by atoms with Crippen molar-refractivity contribution in [1.82, 2.24) is 5.32 Å². The predicted molar refractivity (Wildman–Crippen MR) is 121 cm³/mol. The predicted octanol–water partition coefficient (Wildman–Crippen LogP) is 2.83. The Labute approximate surface area is 185 Å². The molecule has 0 saturated carbocycles. The molecule has 1 N–H and O–H groups in total. The molecule has 0 aliphatic carbocycles. The lowest BCUT2D eigenvalue weighted by Gasteiger charge is -2.32. The molecule has 0 radical (unpaired) electrons. The van der Waals surface area contributed by atoms with Crippen molar-refractivity contribution in [2.24, 2.45) is 0 Å². The van der Waals surface area contributed by atoms with E-state index in [1.54, 1.807) is 12.1 Å². The van der Waals surface area contributed by atoms with Crippen LogP contribution in [0, 0.1) is 5.82 Å². The molecule has 4 rings (SSSR count). The molecule has 0 spiro atoms. The van der Waals surface area contributed by atoms with Crippen molar-refractivity contribution in [2.75, 3.05) is 55.9 Å². The Hall–Kier alpha value is -3.11. The number of hydrogen-bond acceptors (Lipinski definition) is 6. The zero-order chi connectivity index (χ0) is 23.0. The van der Waals surface area contributed by atoms with Crippen molar-refractivity contribution >= 4 is 38.3 Å². The van der Waals surface area contributed by atoms with Gasteiger partial charge in [-0.25, -0.2) is 12.8 Å². The number of carbonyl (C=O) groups is 1. The van der Waals surface area contributed by atoms with Gasteiger partial charge in [0.1, 0.15) is 17.2 Å². The lowest BCUT2D eigenvalue weighted by Crippen LogP contribution is -2.37. The van der Waals surface area contributed by atoms with Gasteiger partial charge < -0.3 is 19.4 Å². The highest BCUT2D eigenvalue weighted by Gasteiger charge is 2.27. The Morgan fingerprint density at radius 3 is 2.41 bits per heavy atom. The van der Waals surface area contributed by atoms with Gasteiger partial charge in [0, 0.05) is 44.2 Å². The summed E-state index contributed by atoms with van der Waals surface area (Å²) in [5.74, 6) is -0.482. The van der Waals surface area contributed by atoms with E-state index >= 15 is 0 Å². The van der Waals surface area contributed by atoms with Crippen LogP contribution in [0.2, 0.25) is 0 Å². The minimum absolute atomic E-state index is 0.284. The lowest BCUT2D eigenvalue weighted by atomic mass is 10.0. The maximum absolute atomic E-state index is 13.5. The van der Waals surface area contributed by atoms with Gasteiger partial charge in [-0.15, -0.1) is 0 Å². The van der Waals surface area contributed by atoms with Crippen LogP contribution in [0.1, 0.15) is 10.4 Å². The summed E-state index contributed by atoms with van der Waals surface area (Å²) in [5, 5.41) is 3.17. The number of halogens is 1. The first-order chi connectivity index (χ1) is 15.2. The first-order valence-electron chi connectivity index (χ1n) is 10.1. The molecule has 10 heteroatoms. The third kappa shape index (κ3) is 4.03. The van der Waals surface area contributed by atoms with Gasteiger partial charge in [-0.2, -0.15) is 0 Å². The summed E-state index contributed by atoms with van der Waals surface area (Å²) in [6, 6.07) is 9.05. The monoisotopic (exact) mass is 461 g/mol. The summed E-state index contributed by atoms with van der Waals surface area (Å²) in [6.07, 6.45) is 1.13. The molecular weight excluding hydrogens is 437 g/mol. The Balaban J connectivity index is 2.00. The fourth-order valence-electron chi connectivity index (χ4n) is 3.76. The highest BCUT2D eigenvalue weighted by molar-refractivity contribution is 7.92. The zero-order valence-corrected chi connectivity index (χ0v) is 18.8. The number of morpholine rings is 1. The highest BCUT2D eigenvalue weighted by Crippen LogP contribution is 2.41. The molecule has 1 saturated heterocycles. The number of hydrogen-bond donors (Lipinski definition) is 1. The summed E-state index contributed by atoms with van der Waals surface area (Å²) >= 11 is 0. The Morgan fingerprint density at radius 1 is 1.16 bits per heavy atom. The number of carbonyl (C=O) groups excluding carboxylic acids is 1. The molecule has 2 aromatic carbocycles. The fourth-order valence-corrected chi connectivity index (χ4v) is 4.27. The highest BCUT2D eigenvalue weighted by atomic mass is 32.2. The zero-order valence-electron chi connectivity index (χ0n) is 18.0. The minimum Gasteiger partial charge on any atom is -0.455 e. The van der Waals surface area contributed by atoms with Gasteiger partial charge >= 0.3 is 0 Å². The van der Waals surface area contributed by atoms with Crippen molar-refractivity contribution < 1.29 is 26.8 Å². The van der Waals surface area contributed by atoms with Crippen molar-refractivity contribution in [3.63, 3.8) is 0 Å². The van der Waals surface area contributed by atoms with Gasteiger partial charge in [0.15, 0.2) is 0 Å². The van der Waals surface area contributed by atoms with Crippen molar-refractivity contribution in [3.8, 4) is 11.3 Å². The van der Waals surface area contributed by atoms with Crippen molar-refractivity contribution in [3.05, 3.63) is 47.8 Å². The molecule has 3 aromatic rings. The van der Waals surface area contributed by atoms with Crippen LogP contribution in [0.15, 0.2) is 40.8 Å². The van der Waals surface area contributed by atoms with Gasteiger partial charge in [0.05, 0.1) is 36.4 Å². The Kier molecular flexibility index (Phi) is 5.83. The number of benzene rings is 2. The quantitative estimate of drug-likeness (QED) is 0.628. The Bertz CT molecular complexity index is 1260. The molecule has 0 unspecified atom stereocenters. The van der Waals surface area contributed by atoms with Crippen LogP contribution < -0.4 is 14.5 Å². The first kappa shape index (κ1) is 22.1. The standard InChI is InChI=1S/C22H24FN3O5S/c1-24-22(27)20-16-12-18(26-8-10-30-11-9-26)17(25(2)32(3,28)29)13-19(16)31-21(20)14-4-6-15(23)7-5-14/h4-7,12-13H,8-11H2,1-3H3,(H,24,27). The summed E-state index contributed by atoms with van der Waals surface area (Å²) in [6.45, 7) is 2.17. The molecule has 8 nitrogen and oxygen atoms in total. The SMILES string of the molecule is CNC(=O)c1c(-c2ccc(F)cc2)oc2cc(N(C)S(C)(=O)=O)c(N3CCOCC3)cc12. The van der Waals surface area contributed by atoms with Crippen LogP contribution in [0.25, 0.3) is 22.3 Å². The number of anilines is 2. The fraction of sp³-hybridized carbons (Fsp3) is 0.318. The number of nitrogens with one attached hydrogen (secondary N) is 1. The van der Waals surface area contributed by atoms with E-state index in [4.69, 9.17) is 9.15 Å². The van der Waals surface area contributed by atoms with Gasteiger partial charge in [0.25, 0.3) is 5.91 Å². The normalized spacial score (nSPS) is 14.6.